The summed E-state index contributed by atoms with van der Waals surface area (Å²) in [5.41, 5.74) is 0. The van der Waals surface area contributed by atoms with E-state index in [-0.39, 0.29) is 6.16 Å². The van der Waals surface area contributed by atoms with Gasteiger partial charge in [-0.1, -0.05) is 17.9 Å². The van der Waals surface area contributed by atoms with Crippen LogP contribution in [0, 0.1) is 0 Å². The highest BCUT2D eigenvalue weighted by atomic mass is 31.2. The number of allylic oxidation sites excluding steroid dienone is 1. The van der Waals surface area contributed by atoms with E-state index in [1.165, 1.54) is 10.8 Å². The maximum absolute atomic E-state index is 9.85. The van der Waals surface area contributed by atoms with Crippen LogP contribution in [0.5, 0.6) is 0 Å². The number of nitrogens with zero attached hydrogens (tertiary/aromatic N) is 3. The van der Waals surface area contributed by atoms with Crippen LogP contribution in [-0.2, 0) is 4.57 Å². The van der Waals surface area contributed by atoms with E-state index in [4.69, 9.17) is 9.79 Å². The molecule has 1 aromatic rings. The first kappa shape index (κ1) is 12.8. The lowest BCUT2D eigenvalue weighted by Crippen LogP contribution is -1.83. The number of aromatic nitrogens is 3. The highest BCUT2D eigenvalue weighted by Crippen LogP contribution is 2.33. The Morgan fingerprint density at radius 1 is 1.50 bits per heavy atom. The van der Waals surface area contributed by atoms with Gasteiger partial charge >= 0.3 is 7.60 Å². The SMILES string of the molecule is C=CCP(=O)(O)O.C=Cn1ccnn1. The first-order chi connectivity index (χ1) is 6.49. The summed E-state index contributed by atoms with van der Waals surface area (Å²) >= 11 is 0. The molecule has 0 aliphatic rings. The second-order valence-electron chi connectivity index (χ2n) is 2.20. The predicted molar refractivity (Wildman–Crippen MR) is 53.5 cm³/mol. The highest BCUT2D eigenvalue weighted by molar-refractivity contribution is 7.51. The Labute approximate surface area is 81.7 Å². The minimum Gasteiger partial charge on any atom is -0.324 e. The van der Waals surface area contributed by atoms with Crippen LogP contribution in [0.4, 0.5) is 0 Å². The lowest BCUT2D eigenvalue weighted by atomic mass is 10.8. The second kappa shape index (κ2) is 6.26. The van der Waals surface area contributed by atoms with Crippen LogP contribution in [0.25, 0.3) is 6.20 Å². The zero-order valence-corrected chi connectivity index (χ0v) is 8.42. The third-order valence-corrected chi connectivity index (χ3v) is 1.73. The highest BCUT2D eigenvalue weighted by Gasteiger charge is 2.06. The standard InChI is InChI=1S/C4H5N3.C3H7O3P/c1-2-7-4-3-5-6-7;1-2-3-7(4,5)6/h2-4H,1H2;2H,1,3H2,(H2,4,5,6). The molecule has 14 heavy (non-hydrogen) atoms. The summed E-state index contributed by atoms with van der Waals surface area (Å²) in [6.45, 7) is 6.62. The van der Waals surface area contributed by atoms with Gasteiger partial charge in [0.25, 0.3) is 0 Å². The van der Waals surface area contributed by atoms with Gasteiger partial charge in [-0.15, -0.1) is 11.7 Å². The van der Waals surface area contributed by atoms with E-state index in [9.17, 15) is 4.57 Å². The average molecular weight is 217 g/mol. The Bertz CT molecular complexity index is 317. The Morgan fingerprint density at radius 3 is 2.29 bits per heavy atom. The molecule has 6 nitrogen and oxygen atoms in total. The molecule has 1 heterocycles. The molecule has 0 aliphatic carbocycles. The van der Waals surface area contributed by atoms with E-state index in [1.807, 2.05) is 0 Å². The molecule has 0 fully saturated rings. The molecule has 7 heteroatoms. The molecule has 0 saturated heterocycles. The van der Waals surface area contributed by atoms with Crippen molar-refractivity contribution in [2.24, 2.45) is 0 Å². The fraction of sp³-hybridized carbons (Fsp3) is 0.143. The summed E-state index contributed by atoms with van der Waals surface area (Å²) < 4.78 is 11.4. The van der Waals surface area contributed by atoms with Gasteiger partial charge in [-0.25, -0.2) is 4.68 Å². The molecule has 78 valence electrons. The van der Waals surface area contributed by atoms with E-state index in [0.717, 1.165) is 0 Å². The zero-order chi connectivity index (χ0) is 11.0. The largest absolute Gasteiger partial charge is 0.329 e. The van der Waals surface area contributed by atoms with Gasteiger partial charge in [0.15, 0.2) is 0 Å². The Morgan fingerprint density at radius 2 is 2.14 bits per heavy atom. The molecule has 0 saturated carbocycles. The monoisotopic (exact) mass is 217 g/mol. The Kier molecular flexibility index (Phi) is 5.71. The lowest BCUT2D eigenvalue weighted by molar-refractivity contribution is 0.377. The van der Waals surface area contributed by atoms with Crippen molar-refractivity contribution in [1.29, 1.82) is 0 Å². The van der Waals surface area contributed by atoms with Crippen molar-refractivity contribution in [1.82, 2.24) is 15.0 Å². The van der Waals surface area contributed by atoms with Gasteiger partial charge < -0.3 is 9.79 Å². The summed E-state index contributed by atoms with van der Waals surface area (Å²) in [5.74, 6) is 0. The molecule has 0 radical (unpaired) electrons. The molecular weight excluding hydrogens is 205 g/mol. The topological polar surface area (TPSA) is 88.2 Å². The van der Waals surface area contributed by atoms with Gasteiger partial charge in [0, 0.05) is 6.20 Å². The van der Waals surface area contributed by atoms with Crippen molar-refractivity contribution in [3.63, 3.8) is 0 Å². The minimum absolute atomic E-state index is 0.229. The quantitative estimate of drug-likeness (QED) is 0.575. The number of hydrogen-bond acceptors (Lipinski definition) is 3. The van der Waals surface area contributed by atoms with Gasteiger partial charge in [0.2, 0.25) is 0 Å². The van der Waals surface area contributed by atoms with Crippen molar-refractivity contribution in [3.05, 3.63) is 31.6 Å². The van der Waals surface area contributed by atoms with Crippen molar-refractivity contribution in [2.75, 3.05) is 6.16 Å². The average Bonchev–Trinajstić information content (AvgIpc) is 2.54. The van der Waals surface area contributed by atoms with Gasteiger partial charge in [0.05, 0.1) is 18.6 Å². The molecule has 0 aromatic carbocycles. The van der Waals surface area contributed by atoms with Crippen LogP contribution in [-0.4, -0.2) is 30.9 Å². The zero-order valence-electron chi connectivity index (χ0n) is 7.52. The molecule has 0 aliphatic heterocycles. The molecular formula is C7H12N3O3P. The lowest BCUT2D eigenvalue weighted by Gasteiger charge is -1.94. The summed E-state index contributed by atoms with van der Waals surface area (Å²) in [6.07, 6.45) is 5.86. The van der Waals surface area contributed by atoms with Crippen molar-refractivity contribution < 1.29 is 14.4 Å². The van der Waals surface area contributed by atoms with E-state index >= 15 is 0 Å². The molecule has 0 bridgehead atoms. The van der Waals surface area contributed by atoms with Crippen molar-refractivity contribution in [2.45, 2.75) is 0 Å². The maximum Gasteiger partial charge on any atom is 0.329 e. The van der Waals surface area contributed by atoms with Crippen LogP contribution in [0.1, 0.15) is 0 Å². The Hall–Kier alpha value is -1.23. The van der Waals surface area contributed by atoms with Crippen LogP contribution in [0.15, 0.2) is 31.6 Å². The normalized spacial score (nSPS) is 9.86. The van der Waals surface area contributed by atoms with Gasteiger partial charge in [0.1, 0.15) is 0 Å². The van der Waals surface area contributed by atoms with Crippen LogP contribution in [0.2, 0.25) is 0 Å². The van der Waals surface area contributed by atoms with Crippen molar-refractivity contribution >= 4 is 13.8 Å². The predicted octanol–water partition coefficient (Wildman–Crippen LogP) is 0.729. The fourth-order valence-electron chi connectivity index (χ4n) is 0.483. The summed E-state index contributed by atoms with van der Waals surface area (Å²) in [6, 6.07) is 0. The molecule has 0 unspecified atom stereocenters. The molecule has 0 spiro atoms. The molecule has 1 aromatic heterocycles. The fourth-order valence-corrected chi connectivity index (χ4v) is 0.819. The molecule has 0 atom stereocenters. The van der Waals surface area contributed by atoms with Crippen LogP contribution < -0.4 is 0 Å². The first-order valence-electron chi connectivity index (χ1n) is 3.63. The number of hydrogen-bond donors (Lipinski definition) is 2. The summed E-state index contributed by atoms with van der Waals surface area (Å²) in [7, 11) is -3.78. The maximum atomic E-state index is 9.85. The van der Waals surface area contributed by atoms with Gasteiger partial charge in [-0.3, -0.25) is 4.57 Å². The van der Waals surface area contributed by atoms with E-state index in [0.29, 0.717) is 0 Å². The third-order valence-electron chi connectivity index (χ3n) is 0.995. The smallest absolute Gasteiger partial charge is 0.324 e. The third kappa shape index (κ3) is 7.42. The van der Waals surface area contributed by atoms with Crippen LogP contribution in [0.3, 0.4) is 0 Å². The van der Waals surface area contributed by atoms with Crippen molar-refractivity contribution in [3.8, 4) is 0 Å². The summed E-state index contributed by atoms with van der Waals surface area (Å²) in [4.78, 5) is 16.1. The first-order valence-corrected chi connectivity index (χ1v) is 5.43. The summed E-state index contributed by atoms with van der Waals surface area (Å²) in [5, 5.41) is 7.12. The van der Waals surface area contributed by atoms with Crippen LogP contribution >= 0.6 is 7.60 Å². The van der Waals surface area contributed by atoms with E-state index in [1.54, 1.807) is 18.6 Å². The van der Waals surface area contributed by atoms with E-state index < -0.39 is 7.60 Å². The Balaban J connectivity index is 0.000000241. The minimum atomic E-state index is -3.78. The second-order valence-corrected chi connectivity index (χ2v) is 3.90. The number of rotatable bonds is 3. The molecule has 0 amide bonds. The molecule has 2 N–H and O–H groups in total. The van der Waals surface area contributed by atoms with Gasteiger partial charge in [-0.2, -0.15) is 0 Å². The van der Waals surface area contributed by atoms with E-state index in [2.05, 4.69) is 23.5 Å². The molecule has 1 rings (SSSR count). The van der Waals surface area contributed by atoms with Gasteiger partial charge in [-0.05, 0) is 0 Å².